The molecule has 3 rings (SSSR count). The molecule has 0 bridgehead atoms. The molecule has 1 atom stereocenters. The van der Waals surface area contributed by atoms with E-state index >= 15 is 0 Å². The van der Waals surface area contributed by atoms with Crippen molar-refractivity contribution in [2.45, 2.75) is 51.6 Å². The first-order chi connectivity index (χ1) is 9.74. The smallest absolute Gasteiger partial charge is 0.263 e. The normalized spacial score (nSPS) is 19.6. The summed E-state index contributed by atoms with van der Waals surface area (Å²) in [6.45, 7) is 3.63. The molecule has 0 aromatic heterocycles. The molecule has 3 nitrogen and oxygen atoms in total. The molecule has 20 heavy (non-hydrogen) atoms. The topological polar surface area (TPSA) is 29.5 Å². The van der Waals surface area contributed by atoms with Gasteiger partial charge in [-0.25, -0.2) is 0 Å². The van der Waals surface area contributed by atoms with Crippen LogP contribution in [0.1, 0.15) is 43.7 Å². The molecule has 0 saturated carbocycles. The van der Waals surface area contributed by atoms with Crippen LogP contribution in [-0.2, 0) is 17.6 Å². The Balaban J connectivity index is 1.66. The first-order valence-corrected chi connectivity index (χ1v) is 7.81. The Morgan fingerprint density at radius 2 is 1.80 bits per heavy atom. The Morgan fingerprint density at radius 1 is 1.10 bits per heavy atom. The zero-order valence-electron chi connectivity index (χ0n) is 12.2. The number of amides is 1. The van der Waals surface area contributed by atoms with Gasteiger partial charge in [0.05, 0.1) is 0 Å². The largest absolute Gasteiger partial charge is 0.481 e. The van der Waals surface area contributed by atoms with Gasteiger partial charge in [-0.05, 0) is 68.7 Å². The van der Waals surface area contributed by atoms with Crippen LogP contribution in [0, 0.1) is 0 Å². The van der Waals surface area contributed by atoms with Gasteiger partial charge in [0.1, 0.15) is 5.75 Å². The fourth-order valence-electron chi connectivity index (χ4n) is 3.23. The average molecular weight is 273 g/mol. The van der Waals surface area contributed by atoms with Gasteiger partial charge < -0.3 is 9.64 Å². The van der Waals surface area contributed by atoms with Crippen molar-refractivity contribution >= 4 is 5.91 Å². The predicted molar refractivity (Wildman–Crippen MR) is 79.0 cm³/mol. The highest BCUT2D eigenvalue weighted by molar-refractivity contribution is 5.81. The van der Waals surface area contributed by atoms with E-state index in [9.17, 15) is 4.79 Å². The summed E-state index contributed by atoms with van der Waals surface area (Å²) in [6, 6.07) is 6.30. The SMILES string of the molecule is CC(Oc1ccc2c(c1)CCCC2)C(=O)N1CCCC1. The van der Waals surface area contributed by atoms with Crippen molar-refractivity contribution < 1.29 is 9.53 Å². The predicted octanol–water partition coefficient (Wildman–Crippen LogP) is 2.96. The van der Waals surface area contributed by atoms with Crippen LogP contribution in [0.15, 0.2) is 18.2 Å². The third kappa shape index (κ3) is 2.82. The summed E-state index contributed by atoms with van der Waals surface area (Å²) >= 11 is 0. The lowest BCUT2D eigenvalue weighted by Crippen LogP contribution is -2.38. The molecule has 1 fully saturated rings. The minimum absolute atomic E-state index is 0.125. The van der Waals surface area contributed by atoms with Gasteiger partial charge >= 0.3 is 0 Å². The van der Waals surface area contributed by atoms with Crippen LogP contribution in [-0.4, -0.2) is 30.0 Å². The molecule has 0 radical (unpaired) electrons. The fraction of sp³-hybridized carbons (Fsp3) is 0.588. The van der Waals surface area contributed by atoms with E-state index in [1.165, 1.54) is 30.4 Å². The van der Waals surface area contributed by atoms with Gasteiger partial charge in [-0.15, -0.1) is 0 Å². The number of carbonyl (C=O) groups is 1. The minimum Gasteiger partial charge on any atom is -0.481 e. The summed E-state index contributed by atoms with van der Waals surface area (Å²) in [5.41, 5.74) is 2.84. The third-order valence-electron chi connectivity index (χ3n) is 4.40. The monoisotopic (exact) mass is 273 g/mol. The average Bonchev–Trinajstić information content (AvgIpc) is 3.00. The molecule has 1 saturated heterocycles. The lowest BCUT2D eigenvalue weighted by atomic mass is 9.92. The van der Waals surface area contributed by atoms with E-state index in [-0.39, 0.29) is 12.0 Å². The Morgan fingerprint density at radius 3 is 2.55 bits per heavy atom. The Labute approximate surface area is 120 Å². The molecule has 0 spiro atoms. The number of rotatable bonds is 3. The molecule has 3 heteroatoms. The summed E-state index contributed by atoms with van der Waals surface area (Å²) in [4.78, 5) is 14.2. The molecule has 1 aromatic rings. The van der Waals surface area contributed by atoms with Crippen molar-refractivity contribution in [3.8, 4) is 5.75 Å². The van der Waals surface area contributed by atoms with Gasteiger partial charge in [0.25, 0.3) is 5.91 Å². The van der Waals surface area contributed by atoms with Crippen LogP contribution in [0.5, 0.6) is 5.75 Å². The van der Waals surface area contributed by atoms with E-state index in [0.29, 0.717) is 0 Å². The van der Waals surface area contributed by atoms with E-state index in [2.05, 4.69) is 12.1 Å². The Kier molecular flexibility index (Phi) is 3.95. The van der Waals surface area contributed by atoms with Crippen molar-refractivity contribution in [2.24, 2.45) is 0 Å². The lowest BCUT2D eigenvalue weighted by Gasteiger charge is -2.22. The van der Waals surface area contributed by atoms with Crippen LogP contribution < -0.4 is 4.74 Å². The van der Waals surface area contributed by atoms with Gasteiger partial charge in [0, 0.05) is 13.1 Å². The number of fused-ring (bicyclic) bond motifs is 1. The summed E-state index contributed by atoms with van der Waals surface area (Å²) in [5.74, 6) is 0.964. The van der Waals surface area contributed by atoms with Gasteiger partial charge in [-0.3, -0.25) is 4.79 Å². The van der Waals surface area contributed by atoms with E-state index < -0.39 is 0 Å². The summed E-state index contributed by atoms with van der Waals surface area (Å²) < 4.78 is 5.86. The zero-order chi connectivity index (χ0) is 13.9. The highest BCUT2D eigenvalue weighted by Crippen LogP contribution is 2.26. The summed E-state index contributed by atoms with van der Waals surface area (Å²) in [5, 5.41) is 0. The Hall–Kier alpha value is -1.51. The molecule has 2 aliphatic rings. The highest BCUT2D eigenvalue weighted by atomic mass is 16.5. The standard InChI is InChI=1S/C17H23NO2/c1-13(17(19)18-10-4-5-11-18)20-16-9-8-14-6-2-3-7-15(14)12-16/h8-9,12-13H,2-7,10-11H2,1H3. The van der Waals surface area contributed by atoms with E-state index in [4.69, 9.17) is 4.74 Å². The van der Waals surface area contributed by atoms with Crippen LogP contribution in [0.4, 0.5) is 0 Å². The summed E-state index contributed by atoms with van der Waals surface area (Å²) in [6.07, 6.45) is 6.73. The molecular weight excluding hydrogens is 250 g/mol. The Bertz CT molecular complexity index is 492. The van der Waals surface area contributed by atoms with Crippen molar-refractivity contribution in [3.63, 3.8) is 0 Å². The number of hydrogen-bond acceptors (Lipinski definition) is 2. The number of nitrogens with zero attached hydrogens (tertiary/aromatic N) is 1. The number of carbonyl (C=O) groups excluding carboxylic acids is 1. The van der Waals surface area contributed by atoms with Crippen molar-refractivity contribution in [1.29, 1.82) is 0 Å². The van der Waals surface area contributed by atoms with E-state index in [1.54, 1.807) is 0 Å². The maximum Gasteiger partial charge on any atom is 0.263 e. The molecule has 108 valence electrons. The second-order valence-electron chi connectivity index (χ2n) is 5.93. The first-order valence-electron chi connectivity index (χ1n) is 7.81. The summed E-state index contributed by atoms with van der Waals surface area (Å²) in [7, 11) is 0. The van der Waals surface area contributed by atoms with Crippen LogP contribution >= 0.6 is 0 Å². The van der Waals surface area contributed by atoms with Crippen LogP contribution in [0.25, 0.3) is 0 Å². The van der Waals surface area contributed by atoms with Gasteiger partial charge in [0.15, 0.2) is 6.10 Å². The molecule has 1 unspecified atom stereocenters. The van der Waals surface area contributed by atoms with Gasteiger partial charge in [0.2, 0.25) is 0 Å². The fourth-order valence-corrected chi connectivity index (χ4v) is 3.23. The van der Waals surface area contributed by atoms with Crippen molar-refractivity contribution in [1.82, 2.24) is 4.90 Å². The lowest BCUT2D eigenvalue weighted by molar-refractivity contribution is -0.136. The number of aryl methyl sites for hydroxylation is 2. The highest BCUT2D eigenvalue weighted by Gasteiger charge is 2.24. The quantitative estimate of drug-likeness (QED) is 0.847. The number of hydrogen-bond donors (Lipinski definition) is 0. The maximum absolute atomic E-state index is 12.2. The van der Waals surface area contributed by atoms with E-state index in [1.807, 2.05) is 17.9 Å². The molecule has 1 amide bonds. The molecule has 1 heterocycles. The number of benzene rings is 1. The second-order valence-corrected chi connectivity index (χ2v) is 5.93. The molecule has 1 aliphatic carbocycles. The maximum atomic E-state index is 12.2. The molecule has 1 aromatic carbocycles. The minimum atomic E-state index is -0.380. The molecular formula is C17H23NO2. The molecule has 0 N–H and O–H groups in total. The number of likely N-dealkylation sites (tertiary alicyclic amines) is 1. The number of ether oxygens (including phenoxy) is 1. The second kappa shape index (κ2) is 5.86. The molecule has 1 aliphatic heterocycles. The van der Waals surface area contributed by atoms with Gasteiger partial charge in [-0.1, -0.05) is 6.07 Å². The van der Waals surface area contributed by atoms with Gasteiger partial charge in [-0.2, -0.15) is 0 Å². The van der Waals surface area contributed by atoms with Crippen LogP contribution in [0.3, 0.4) is 0 Å². The van der Waals surface area contributed by atoms with Crippen molar-refractivity contribution in [3.05, 3.63) is 29.3 Å². The van der Waals surface area contributed by atoms with Crippen LogP contribution in [0.2, 0.25) is 0 Å². The first kappa shape index (κ1) is 13.5. The zero-order valence-corrected chi connectivity index (χ0v) is 12.2. The van der Waals surface area contributed by atoms with E-state index in [0.717, 1.165) is 38.1 Å². The van der Waals surface area contributed by atoms with Crippen molar-refractivity contribution in [2.75, 3.05) is 13.1 Å². The third-order valence-corrected chi connectivity index (χ3v) is 4.40.